The predicted molar refractivity (Wildman–Crippen MR) is 61.5 cm³/mol. The molecule has 0 aromatic carbocycles. The van der Waals surface area contributed by atoms with Gasteiger partial charge in [0.1, 0.15) is 0 Å². The van der Waals surface area contributed by atoms with Crippen molar-refractivity contribution in [1.29, 1.82) is 0 Å². The summed E-state index contributed by atoms with van der Waals surface area (Å²) in [4.78, 5) is 2.42. The van der Waals surface area contributed by atoms with Crippen LogP contribution in [0.5, 0.6) is 0 Å². The van der Waals surface area contributed by atoms with Gasteiger partial charge in [0, 0.05) is 19.1 Å². The van der Waals surface area contributed by atoms with Crippen LogP contribution in [0.2, 0.25) is 0 Å². The summed E-state index contributed by atoms with van der Waals surface area (Å²) in [6, 6.07) is 0.861. The Hall–Kier alpha value is 0.270. The number of thioether (sulfide) groups is 1. The first-order valence-corrected chi connectivity index (χ1v) is 6.63. The van der Waals surface area contributed by atoms with E-state index in [1.54, 1.807) is 0 Å². The molecule has 0 bridgehead atoms. The SMILES string of the molecule is CSCCCN(C)CCNC1CC1. The van der Waals surface area contributed by atoms with E-state index in [9.17, 15) is 0 Å². The molecule has 0 aliphatic heterocycles. The van der Waals surface area contributed by atoms with Gasteiger partial charge in [0.25, 0.3) is 0 Å². The zero-order chi connectivity index (χ0) is 9.52. The van der Waals surface area contributed by atoms with Crippen LogP contribution in [0.25, 0.3) is 0 Å². The largest absolute Gasteiger partial charge is 0.313 e. The molecule has 13 heavy (non-hydrogen) atoms. The third-order valence-corrected chi connectivity index (χ3v) is 3.09. The van der Waals surface area contributed by atoms with Gasteiger partial charge >= 0.3 is 0 Å². The number of likely N-dealkylation sites (N-methyl/N-ethyl adjacent to an activating group) is 1. The van der Waals surface area contributed by atoms with Crippen LogP contribution in [-0.4, -0.2) is 49.6 Å². The molecule has 3 heteroatoms. The van der Waals surface area contributed by atoms with E-state index in [0.29, 0.717) is 0 Å². The van der Waals surface area contributed by atoms with Gasteiger partial charge in [-0.15, -0.1) is 0 Å². The minimum Gasteiger partial charge on any atom is -0.313 e. The fourth-order valence-electron chi connectivity index (χ4n) is 1.34. The van der Waals surface area contributed by atoms with Crippen LogP contribution in [0.15, 0.2) is 0 Å². The van der Waals surface area contributed by atoms with E-state index in [0.717, 1.165) is 6.04 Å². The Kier molecular flexibility index (Phi) is 5.83. The zero-order valence-electron chi connectivity index (χ0n) is 8.88. The van der Waals surface area contributed by atoms with E-state index in [-0.39, 0.29) is 0 Å². The van der Waals surface area contributed by atoms with Gasteiger partial charge in [-0.1, -0.05) is 0 Å². The Bertz CT molecular complexity index is 126. The normalized spacial score (nSPS) is 16.8. The van der Waals surface area contributed by atoms with Crippen molar-refractivity contribution in [2.45, 2.75) is 25.3 Å². The molecule has 78 valence electrons. The van der Waals surface area contributed by atoms with Crippen molar-refractivity contribution in [3.8, 4) is 0 Å². The van der Waals surface area contributed by atoms with Crippen LogP contribution in [0.4, 0.5) is 0 Å². The molecular weight excluding hydrogens is 180 g/mol. The second kappa shape index (κ2) is 6.68. The molecule has 0 unspecified atom stereocenters. The highest BCUT2D eigenvalue weighted by Gasteiger charge is 2.19. The van der Waals surface area contributed by atoms with E-state index in [2.05, 4.69) is 23.5 Å². The van der Waals surface area contributed by atoms with E-state index in [4.69, 9.17) is 0 Å². The number of hydrogen-bond donors (Lipinski definition) is 1. The molecule has 0 saturated heterocycles. The van der Waals surface area contributed by atoms with E-state index in [1.807, 2.05) is 11.8 Å². The number of hydrogen-bond acceptors (Lipinski definition) is 3. The molecule has 1 N–H and O–H groups in total. The molecule has 0 atom stereocenters. The molecule has 0 radical (unpaired) electrons. The van der Waals surface area contributed by atoms with Crippen molar-refractivity contribution < 1.29 is 0 Å². The van der Waals surface area contributed by atoms with Crippen LogP contribution in [-0.2, 0) is 0 Å². The highest BCUT2D eigenvalue weighted by molar-refractivity contribution is 7.98. The van der Waals surface area contributed by atoms with Gasteiger partial charge < -0.3 is 10.2 Å². The summed E-state index contributed by atoms with van der Waals surface area (Å²) in [7, 11) is 2.22. The topological polar surface area (TPSA) is 15.3 Å². The molecule has 1 aliphatic carbocycles. The Morgan fingerprint density at radius 2 is 2.15 bits per heavy atom. The van der Waals surface area contributed by atoms with E-state index < -0.39 is 0 Å². The molecule has 0 heterocycles. The minimum atomic E-state index is 0.861. The average Bonchev–Trinajstić information content (AvgIpc) is 2.89. The monoisotopic (exact) mass is 202 g/mol. The molecule has 0 aromatic rings. The van der Waals surface area contributed by atoms with Crippen molar-refractivity contribution >= 4 is 11.8 Å². The van der Waals surface area contributed by atoms with Crippen molar-refractivity contribution in [2.75, 3.05) is 38.7 Å². The summed E-state index contributed by atoms with van der Waals surface area (Å²) in [6.07, 6.45) is 6.29. The molecule has 1 aliphatic rings. The van der Waals surface area contributed by atoms with Gasteiger partial charge in [-0.2, -0.15) is 11.8 Å². The predicted octanol–water partition coefficient (Wildman–Crippen LogP) is 1.42. The lowest BCUT2D eigenvalue weighted by Crippen LogP contribution is -2.31. The number of nitrogens with one attached hydrogen (secondary N) is 1. The molecule has 0 spiro atoms. The summed E-state index contributed by atoms with van der Waals surface area (Å²) in [5.41, 5.74) is 0. The molecule has 2 nitrogen and oxygen atoms in total. The maximum absolute atomic E-state index is 3.53. The Morgan fingerprint density at radius 1 is 1.38 bits per heavy atom. The van der Waals surface area contributed by atoms with Crippen LogP contribution >= 0.6 is 11.8 Å². The van der Waals surface area contributed by atoms with Crippen molar-refractivity contribution in [3.05, 3.63) is 0 Å². The van der Waals surface area contributed by atoms with Crippen molar-refractivity contribution in [1.82, 2.24) is 10.2 Å². The smallest absolute Gasteiger partial charge is 0.0104 e. The van der Waals surface area contributed by atoms with Crippen LogP contribution < -0.4 is 5.32 Å². The van der Waals surface area contributed by atoms with Crippen molar-refractivity contribution in [3.63, 3.8) is 0 Å². The average molecular weight is 202 g/mol. The highest BCUT2D eigenvalue weighted by atomic mass is 32.2. The minimum absolute atomic E-state index is 0.861. The maximum atomic E-state index is 3.53. The second-order valence-corrected chi connectivity index (χ2v) is 4.86. The summed E-state index contributed by atoms with van der Waals surface area (Å²) in [5.74, 6) is 1.29. The van der Waals surface area contributed by atoms with Gasteiger partial charge in [0.15, 0.2) is 0 Å². The lowest BCUT2D eigenvalue weighted by atomic mass is 10.4. The Labute approximate surface area is 86.5 Å². The van der Waals surface area contributed by atoms with E-state index >= 15 is 0 Å². The van der Waals surface area contributed by atoms with Crippen LogP contribution in [0.3, 0.4) is 0 Å². The third-order valence-electron chi connectivity index (χ3n) is 2.39. The summed E-state index contributed by atoms with van der Waals surface area (Å²) < 4.78 is 0. The molecule has 0 aromatic heterocycles. The Morgan fingerprint density at radius 3 is 2.77 bits per heavy atom. The first-order valence-electron chi connectivity index (χ1n) is 5.24. The number of rotatable bonds is 8. The molecule has 1 saturated carbocycles. The summed E-state index contributed by atoms with van der Waals surface area (Å²) in [6.45, 7) is 3.61. The quantitative estimate of drug-likeness (QED) is 0.599. The highest BCUT2D eigenvalue weighted by Crippen LogP contribution is 2.17. The van der Waals surface area contributed by atoms with Gasteiger partial charge in [0.2, 0.25) is 0 Å². The molecule has 0 amide bonds. The van der Waals surface area contributed by atoms with Crippen molar-refractivity contribution in [2.24, 2.45) is 0 Å². The standard InChI is InChI=1S/C10H22N2S/c1-12(7-3-9-13-2)8-6-11-10-4-5-10/h10-11H,3-9H2,1-2H3. The summed E-state index contributed by atoms with van der Waals surface area (Å²) in [5, 5.41) is 3.53. The van der Waals surface area contributed by atoms with E-state index in [1.165, 1.54) is 44.6 Å². The first kappa shape index (κ1) is 11.3. The van der Waals surface area contributed by atoms with Gasteiger partial charge in [-0.25, -0.2) is 0 Å². The maximum Gasteiger partial charge on any atom is 0.0104 e. The zero-order valence-corrected chi connectivity index (χ0v) is 9.70. The lowest BCUT2D eigenvalue weighted by Gasteiger charge is -2.16. The molecular formula is C10H22N2S. The van der Waals surface area contributed by atoms with Gasteiger partial charge in [0.05, 0.1) is 0 Å². The summed E-state index contributed by atoms with van der Waals surface area (Å²) >= 11 is 1.94. The van der Waals surface area contributed by atoms with Crippen LogP contribution in [0.1, 0.15) is 19.3 Å². The molecule has 1 fully saturated rings. The lowest BCUT2D eigenvalue weighted by molar-refractivity contribution is 0.333. The van der Waals surface area contributed by atoms with Gasteiger partial charge in [-0.05, 0) is 44.9 Å². The Balaban J connectivity index is 1.81. The van der Waals surface area contributed by atoms with Crippen LogP contribution in [0, 0.1) is 0 Å². The third kappa shape index (κ3) is 6.36. The fourth-order valence-corrected chi connectivity index (χ4v) is 1.76. The fraction of sp³-hybridized carbons (Fsp3) is 1.00. The molecule has 1 rings (SSSR count). The first-order chi connectivity index (χ1) is 6.33. The van der Waals surface area contributed by atoms with Gasteiger partial charge in [-0.3, -0.25) is 0 Å². The second-order valence-electron chi connectivity index (χ2n) is 3.88. The number of nitrogens with zero attached hydrogens (tertiary/aromatic N) is 1.